The number of carbonyl (C=O) groups is 1. The van der Waals surface area contributed by atoms with Crippen molar-refractivity contribution in [2.45, 2.75) is 13.0 Å². The van der Waals surface area contributed by atoms with Crippen LogP contribution in [-0.4, -0.2) is 27.5 Å². The maximum absolute atomic E-state index is 11.5. The Bertz CT molecular complexity index is 548. The molecule has 17 heavy (non-hydrogen) atoms. The molecule has 1 N–H and O–H groups in total. The molecule has 0 bridgehead atoms. The van der Waals surface area contributed by atoms with E-state index in [1.54, 1.807) is 37.0 Å². The number of fused-ring (bicyclic) bond motifs is 1. The topological polar surface area (TPSA) is 64.3 Å². The molecule has 1 atom stereocenters. The van der Waals surface area contributed by atoms with Crippen molar-refractivity contribution in [3.8, 4) is 0 Å². The molecule has 0 amide bonds. The van der Waals surface area contributed by atoms with Crippen LogP contribution >= 0.6 is 0 Å². The summed E-state index contributed by atoms with van der Waals surface area (Å²) >= 11 is 0. The fourth-order valence-corrected chi connectivity index (χ4v) is 1.83. The van der Waals surface area contributed by atoms with Gasteiger partial charge in [-0.05, 0) is 6.92 Å². The minimum absolute atomic E-state index is 0.247. The van der Waals surface area contributed by atoms with E-state index in [0.717, 1.165) is 10.9 Å². The first-order chi connectivity index (χ1) is 8.15. The average molecular weight is 234 g/mol. The van der Waals surface area contributed by atoms with Gasteiger partial charge >= 0.3 is 5.97 Å². The smallest absolute Gasteiger partial charge is 0.339 e. The van der Waals surface area contributed by atoms with Crippen molar-refractivity contribution in [1.29, 1.82) is 0 Å². The normalized spacial score (nSPS) is 12.6. The van der Waals surface area contributed by atoms with E-state index in [1.165, 1.54) is 0 Å². The summed E-state index contributed by atoms with van der Waals surface area (Å²) in [6.45, 7) is 1.95. The Morgan fingerprint density at radius 2 is 2.35 bits per heavy atom. The summed E-state index contributed by atoms with van der Waals surface area (Å²) in [4.78, 5) is 11.5. The first-order valence-corrected chi connectivity index (χ1v) is 5.40. The van der Waals surface area contributed by atoms with Gasteiger partial charge in [-0.2, -0.15) is 5.10 Å². The molecule has 0 aliphatic heterocycles. The van der Waals surface area contributed by atoms with Gasteiger partial charge < -0.3 is 9.84 Å². The number of aromatic nitrogens is 2. The highest BCUT2D eigenvalue weighted by Crippen LogP contribution is 2.24. The largest absolute Gasteiger partial charge is 0.464 e. The number of hydrogen-bond acceptors (Lipinski definition) is 4. The summed E-state index contributed by atoms with van der Waals surface area (Å²) in [6, 6.07) is 5.36. The third kappa shape index (κ3) is 2.01. The third-order valence-corrected chi connectivity index (χ3v) is 2.60. The Labute approximate surface area is 98.6 Å². The fraction of sp³-hybridized carbons (Fsp3) is 0.333. The number of aryl methyl sites for hydroxylation is 1. The van der Waals surface area contributed by atoms with Gasteiger partial charge in [-0.25, -0.2) is 4.79 Å². The maximum atomic E-state index is 11.5. The predicted octanol–water partition coefficient (Wildman–Crippen LogP) is 1.17. The van der Waals surface area contributed by atoms with Crippen molar-refractivity contribution in [3.63, 3.8) is 0 Å². The summed E-state index contributed by atoms with van der Waals surface area (Å²) in [5.74, 6) is -0.638. The van der Waals surface area contributed by atoms with Crippen molar-refractivity contribution in [3.05, 3.63) is 30.0 Å². The van der Waals surface area contributed by atoms with Gasteiger partial charge in [-0.1, -0.05) is 18.2 Å². The number of rotatable bonds is 3. The van der Waals surface area contributed by atoms with Crippen molar-refractivity contribution in [2.24, 2.45) is 7.05 Å². The van der Waals surface area contributed by atoms with Crippen LogP contribution in [0.25, 0.3) is 10.9 Å². The van der Waals surface area contributed by atoms with Gasteiger partial charge in [-0.3, -0.25) is 4.68 Å². The monoisotopic (exact) mass is 234 g/mol. The number of para-hydroxylation sites is 1. The number of esters is 1. The highest BCUT2D eigenvalue weighted by molar-refractivity contribution is 5.87. The van der Waals surface area contributed by atoms with Crippen molar-refractivity contribution >= 4 is 16.9 Å². The first-order valence-electron chi connectivity index (χ1n) is 5.40. The van der Waals surface area contributed by atoms with Crippen LogP contribution in [0.1, 0.15) is 18.6 Å². The summed E-state index contributed by atoms with van der Waals surface area (Å²) in [5.41, 5.74) is 1.26. The lowest BCUT2D eigenvalue weighted by Gasteiger charge is -2.11. The van der Waals surface area contributed by atoms with Crippen LogP contribution in [0.5, 0.6) is 0 Å². The molecule has 5 heteroatoms. The maximum Gasteiger partial charge on any atom is 0.339 e. The first kappa shape index (κ1) is 11.6. The van der Waals surface area contributed by atoms with Crippen LogP contribution in [0.15, 0.2) is 24.4 Å². The molecular formula is C12H14N2O3. The molecule has 1 heterocycles. The zero-order chi connectivity index (χ0) is 12.4. The van der Waals surface area contributed by atoms with E-state index in [2.05, 4.69) is 5.10 Å². The molecule has 2 rings (SSSR count). The van der Waals surface area contributed by atoms with E-state index in [0.29, 0.717) is 5.56 Å². The fourth-order valence-electron chi connectivity index (χ4n) is 1.83. The van der Waals surface area contributed by atoms with Gasteiger partial charge in [0.2, 0.25) is 0 Å². The molecule has 5 nitrogen and oxygen atoms in total. The van der Waals surface area contributed by atoms with E-state index < -0.39 is 12.1 Å². The number of benzene rings is 1. The molecule has 0 saturated heterocycles. The quantitative estimate of drug-likeness (QED) is 0.810. The van der Waals surface area contributed by atoms with Gasteiger partial charge in [0.25, 0.3) is 0 Å². The molecule has 0 aliphatic carbocycles. The molecule has 0 aliphatic rings. The Hall–Kier alpha value is -1.88. The van der Waals surface area contributed by atoms with Crippen LogP contribution in [0.3, 0.4) is 0 Å². The molecule has 0 spiro atoms. The molecule has 0 saturated carbocycles. The van der Waals surface area contributed by atoms with Gasteiger partial charge in [0.05, 0.1) is 18.3 Å². The highest BCUT2D eigenvalue weighted by atomic mass is 16.5. The van der Waals surface area contributed by atoms with Crippen LogP contribution in [0, 0.1) is 0 Å². The van der Waals surface area contributed by atoms with Gasteiger partial charge in [0.1, 0.15) is 0 Å². The second kappa shape index (κ2) is 4.55. The Morgan fingerprint density at radius 1 is 1.59 bits per heavy atom. The number of aliphatic hydroxyl groups is 1. The molecule has 0 radical (unpaired) electrons. The van der Waals surface area contributed by atoms with Crippen molar-refractivity contribution in [1.82, 2.24) is 9.78 Å². The van der Waals surface area contributed by atoms with E-state index in [4.69, 9.17) is 4.74 Å². The second-order valence-corrected chi connectivity index (χ2v) is 3.71. The van der Waals surface area contributed by atoms with Crippen LogP contribution in [0.2, 0.25) is 0 Å². The molecule has 2 aromatic rings. The Balaban J connectivity index is 2.47. The molecule has 90 valence electrons. The number of nitrogens with zero attached hydrogens (tertiary/aromatic N) is 2. The van der Waals surface area contributed by atoms with E-state index in [9.17, 15) is 9.90 Å². The number of aliphatic hydroxyl groups excluding tert-OH is 1. The van der Waals surface area contributed by atoms with Gasteiger partial charge in [0, 0.05) is 18.0 Å². The SMILES string of the molecule is CCOC(=O)C(O)c1cccc2cnn(C)c12. The number of carbonyl (C=O) groups excluding carboxylic acids is 1. The Morgan fingerprint density at radius 3 is 3.06 bits per heavy atom. The lowest BCUT2D eigenvalue weighted by molar-refractivity contribution is -0.153. The van der Waals surface area contributed by atoms with Crippen LogP contribution in [0.4, 0.5) is 0 Å². The summed E-state index contributed by atoms with van der Waals surface area (Å²) in [7, 11) is 1.77. The minimum atomic E-state index is -1.27. The number of hydrogen-bond donors (Lipinski definition) is 1. The average Bonchev–Trinajstić information content (AvgIpc) is 2.71. The molecular weight excluding hydrogens is 220 g/mol. The number of ether oxygens (including phenoxy) is 1. The molecule has 0 fully saturated rings. The van der Waals surface area contributed by atoms with Crippen molar-refractivity contribution in [2.75, 3.05) is 6.61 Å². The standard InChI is InChI=1S/C12H14N2O3/c1-3-17-12(16)11(15)9-6-4-5-8-7-13-14(2)10(8)9/h4-7,11,15H,3H2,1-2H3. The minimum Gasteiger partial charge on any atom is -0.464 e. The third-order valence-electron chi connectivity index (χ3n) is 2.60. The Kier molecular flexibility index (Phi) is 3.10. The summed E-state index contributed by atoms with van der Waals surface area (Å²) in [5, 5.41) is 14.9. The molecule has 1 aromatic heterocycles. The second-order valence-electron chi connectivity index (χ2n) is 3.71. The van der Waals surface area contributed by atoms with Crippen LogP contribution in [-0.2, 0) is 16.6 Å². The highest BCUT2D eigenvalue weighted by Gasteiger charge is 2.22. The molecule has 1 aromatic carbocycles. The zero-order valence-electron chi connectivity index (χ0n) is 9.75. The predicted molar refractivity (Wildman–Crippen MR) is 62.3 cm³/mol. The lowest BCUT2D eigenvalue weighted by atomic mass is 10.1. The summed E-state index contributed by atoms with van der Waals surface area (Å²) < 4.78 is 6.44. The van der Waals surface area contributed by atoms with Gasteiger partial charge in [-0.15, -0.1) is 0 Å². The van der Waals surface area contributed by atoms with Crippen molar-refractivity contribution < 1.29 is 14.6 Å². The van der Waals surface area contributed by atoms with E-state index in [-0.39, 0.29) is 6.61 Å². The van der Waals surface area contributed by atoms with E-state index >= 15 is 0 Å². The zero-order valence-corrected chi connectivity index (χ0v) is 9.75. The van der Waals surface area contributed by atoms with Gasteiger partial charge in [0.15, 0.2) is 6.10 Å². The lowest BCUT2D eigenvalue weighted by Crippen LogP contribution is -2.16. The summed E-state index contributed by atoms with van der Waals surface area (Å²) in [6.07, 6.45) is 0.422. The van der Waals surface area contributed by atoms with Crippen LogP contribution < -0.4 is 0 Å². The van der Waals surface area contributed by atoms with E-state index in [1.807, 2.05) is 6.07 Å². The molecule has 1 unspecified atom stereocenters.